The van der Waals surface area contributed by atoms with Gasteiger partial charge in [0, 0.05) is 29.4 Å². The lowest BCUT2D eigenvalue weighted by molar-refractivity contribution is -0.117. The van der Waals surface area contributed by atoms with E-state index >= 15 is 0 Å². The molecule has 7 nitrogen and oxygen atoms in total. The summed E-state index contributed by atoms with van der Waals surface area (Å²) in [5.41, 5.74) is 1.37. The van der Waals surface area contributed by atoms with Crippen LogP contribution in [0.3, 0.4) is 0 Å². The lowest BCUT2D eigenvalue weighted by atomic mass is 10.2. The highest BCUT2D eigenvalue weighted by Gasteiger charge is 2.24. The Labute approximate surface area is 179 Å². The van der Waals surface area contributed by atoms with Crippen molar-refractivity contribution in [2.24, 2.45) is 0 Å². The van der Waals surface area contributed by atoms with E-state index in [4.69, 9.17) is 23.2 Å². The largest absolute Gasteiger partial charge is 0.325 e. The zero-order valence-electron chi connectivity index (χ0n) is 15.6. The van der Waals surface area contributed by atoms with Crippen LogP contribution in [0.15, 0.2) is 42.5 Å². The second-order valence-corrected chi connectivity index (χ2v) is 9.36. The molecule has 2 aromatic rings. The highest BCUT2D eigenvalue weighted by Crippen LogP contribution is 2.30. The Bertz CT molecular complexity index is 1040. The van der Waals surface area contributed by atoms with Gasteiger partial charge in [0.1, 0.15) is 6.54 Å². The van der Waals surface area contributed by atoms with Gasteiger partial charge in [-0.15, -0.1) is 0 Å². The number of halogens is 2. The topological polar surface area (TPSA) is 86.8 Å². The van der Waals surface area contributed by atoms with E-state index in [0.717, 1.165) is 22.7 Å². The van der Waals surface area contributed by atoms with Crippen LogP contribution in [0.4, 0.5) is 17.1 Å². The number of hydrogen-bond acceptors (Lipinski definition) is 4. The van der Waals surface area contributed by atoms with Gasteiger partial charge in [-0.3, -0.25) is 13.9 Å². The summed E-state index contributed by atoms with van der Waals surface area (Å²) in [5, 5.41) is 3.11. The maximum Gasteiger partial charge on any atom is 0.245 e. The average molecular weight is 456 g/mol. The van der Waals surface area contributed by atoms with E-state index in [1.807, 2.05) is 0 Å². The Morgan fingerprint density at radius 3 is 2.45 bits per heavy atom. The number of rotatable bonds is 6. The molecule has 1 saturated heterocycles. The molecule has 0 radical (unpaired) electrons. The second kappa shape index (κ2) is 8.61. The summed E-state index contributed by atoms with van der Waals surface area (Å²) in [6.07, 6.45) is 2.34. The lowest BCUT2D eigenvalue weighted by Gasteiger charge is -2.23. The number of carbonyl (C=O) groups excluding carboxylic acids is 2. The summed E-state index contributed by atoms with van der Waals surface area (Å²) >= 11 is 12.1. The number of benzene rings is 2. The van der Waals surface area contributed by atoms with Crippen LogP contribution in [0.5, 0.6) is 0 Å². The zero-order valence-corrected chi connectivity index (χ0v) is 17.9. The molecule has 1 heterocycles. The van der Waals surface area contributed by atoms with Crippen molar-refractivity contribution < 1.29 is 18.0 Å². The van der Waals surface area contributed by atoms with Crippen molar-refractivity contribution in [1.29, 1.82) is 0 Å². The van der Waals surface area contributed by atoms with E-state index in [0.29, 0.717) is 23.7 Å². The normalized spacial score (nSPS) is 14.2. The smallest absolute Gasteiger partial charge is 0.245 e. The fourth-order valence-corrected chi connectivity index (χ4v) is 4.33. The molecule has 0 spiro atoms. The Kier molecular flexibility index (Phi) is 6.36. The standard InChI is InChI=1S/C19H19Cl2N3O4S/c1-29(27,28)24(17-11-13(20)4-9-16(17)21)12-18(25)22-14-5-7-15(8-6-14)23-10-2-3-19(23)26/h4-9,11H,2-3,10,12H2,1H3,(H,22,25). The molecule has 2 amide bonds. The van der Waals surface area contributed by atoms with Crippen molar-refractivity contribution in [3.05, 3.63) is 52.5 Å². The van der Waals surface area contributed by atoms with E-state index in [9.17, 15) is 18.0 Å². The maximum absolute atomic E-state index is 12.5. The number of carbonyl (C=O) groups is 2. The SMILES string of the molecule is CS(=O)(=O)N(CC(=O)Nc1ccc(N2CCCC2=O)cc1)c1cc(Cl)ccc1Cl. The highest BCUT2D eigenvalue weighted by molar-refractivity contribution is 7.92. The van der Waals surface area contributed by atoms with Crippen LogP contribution < -0.4 is 14.5 Å². The lowest BCUT2D eigenvalue weighted by Crippen LogP contribution is -2.37. The van der Waals surface area contributed by atoms with Crippen LogP contribution in [0.1, 0.15) is 12.8 Å². The minimum Gasteiger partial charge on any atom is -0.325 e. The molecular formula is C19H19Cl2N3O4S. The minimum atomic E-state index is -3.78. The molecular weight excluding hydrogens is 437 g/mol. The minimum absolute atomic E-state index is 0.0731. The Balaban J connectivity index is 1.74. The van der Waals surface area contributed by atoms with Gasteiger partial charge in [0.25, 0.3) is 0 Å². The van der Waals surface area contributed by atoms with Gasteiger partial charge in [-0.05, 0) is 48.9 Å². The first-order valence-corrected chi connectivity index (χ1v) is 11.4. The van der Waals surface area contributed by atoms with Crippen molar-refractivity contribution in [1.82, 2.24) is 0 Å². The molecule has 0 aromatic heterocycles. The predicted molar refractivity (Wildman–Crippen MR) is 115 cm³/mol. The second-order valence-electron chi connectivity index (χ2n) is 6.61. The van der Waals surface area contributed by atoms with E-state index in [-0.39, 0.29) is 16.6 Å². The van der Waals surface area contributed by atoms with Crippen molar-refractivity contribution in [3.8, 4) is 0 Å². The fourth-order valence-electron chi connectivity index (χ4n) is 3.03. The first kappa shape index (κ1) is 21.4. The number of anilines is 3. The van der Waals surface area contributed by atoms with Crippen molar-refractivity contribution in [2.45, 2.75) is 12.8 Å². The van der Waals surface area contributed by atoms with Crippen LogP contribution in [-0.2, 0) is 19.6 Å². The summed E-state index contributed by atoms with van der Waals surface area (Å²) < 4.78 is 25.3. The summed E-state index contributed by atoms with van der Waals surface area (Å²) in [6, 6.07) is 11.2. The molecule has 0 saturated carbocycles. The summed E-state index contributed by atoms with van der Waals surface area (Å²) in [5.74, 6) is -0.472. The molecule has 1 aliphatic heterocycles. The van der Waals surface area contributed by atoms with Gasteiger partial charge in [0.2, 0.25) is 21.8 Å². The molecule has 1 aliphatic rings. The van der Waals surface area contributed by atoms with Crippen molar-refractivity contribution in [3.63, 3.8) is 0 Å². The molecule has 1 N–H and O–H groups in total. The highest BCUT2D eigenvalue weighted by atomic mass is 35.5. The third kappa shape index (κ3) is 5.20. The molecule has 1 fully saturated rings. The van der Waals surface area contributed by atoms with Crippen LogP contribution in [0, 0.1) is 0 Å². The Morgan fingerprint density at radius 2 is 1.86 bits per heavy atom. The monoisotopic (exact) mass is 455 g/mol. The van der Waals surface area contributed by atoms with Crippen LogP contribution in [0.25, 0.3) is 0 Å². The fraction of sp³-hybridized carbons (Fsp3) is 0.263. The molecule has 0 aliphatic carbocycles. The molecule has 0 unspecified atom stereocenters. The number of hydrogen-bond donors (Lipinski definition) is 1. The number of amides is 2. The van der Waals surface area contributed by atoms with Gasteiger partial charge in [0.15, 0.2) is 0 Å². The number of nitrogens with one attached hydrogen (secondary N) is 1. The third-order valence-electron chi connectivity index (χ3n) is 4.40. The summed E-state index contributed by atoms with van der Waals surface area (Å²) in [4.78, 5) is 26.0. The van der Waals surface area contributed by atoms with E-state index < -0.39 is 22.5 Å². The molecule has 0 bridgehead atoms. The average Bonchev–Trinajstić information content (AvgIpc) is 3.08. The number of nitrogens with zero attached hydrogens (tertiary/aromatic N) is 2. The predicted octanol–water partition coefficient (Wildman–Crippen LogP) is 3.52. The van der Waals surface area contributed by atoms with Gasteiger partial charge in [-0.1, -0.05) is 23.2 Å². The van der Waals surface area contributed by atoms with Crippen molar-refractivity contribution in [2.75, 3.05) is 33.9 Å². The summed E-state index contributed by atoms with van der Waals surface area (Å²) in [7, 11) is -3.78. The quantitative estimate of drug-likeness (QED) is 0.721. The molecule has 10 heteroatoms. The number of sulfonamides is 1. The summed E-state index contributed by atoms with van der Waals surface area (Å²) in [6.45, 7) is 0.208. The van der Waals surface area contributed by atoms with Crippen LogP contribution in [0.2, 0.25) is 10.0 Å². The first-order chi connectivity index (χ1) is 13.6. The maximum atomic E-state index is 12.5. The molecule has 2 aromatic carbocycles. The van der Waals surface area contributed by atoms with Crippen LogP contribution >= 0.6 is 23.2 Å². The molecule has 29 heavy (non-hydrogen) atoms. The Hall–Kier alpha value is -2.29. The van der Waals surface area contributed by atoms with Crippen LogP contribution in [-0.4, -0.2) is 39.6 Å². The Morgan fingerprint density at radius 1 is 1.17 bits per heavy atom. The van der Waals surface area contributed by atoms with Gasteiger partial charge in [-0.25, -0.2) is 8.42 Å². The van der Waals surface area contributed by atoms with E-state index in [1.54, 1.807) is 29.2 Å². The first-order valence-electron chi connectivity index (χ1n) is 8.78. The molecule has 0 atom stereocenters. The van der Waals surface area contributed by atoms with Gasteiger partial charge < -0.3 is 10.2 Å². The zero-order chi connectivity index (χ0) is 21.2. The van der Waals surface area contributed by atoms with Gasteiger partial charge >= 0.3 is 0 Å². The van der Waals surface area contributed by atoms with Gasteiger partial charge in [0.05, 0.1) is 17.0 Å². The van der Waals surface area contributed by atoms with E-state index in [1.165, 1.54) is 18.2 Å². The molecule has 3 rings (SSSR count). The van der Waals surface area contributed by atoms with Crippen molar-refractivity contribution >= 4 is 62.1 Å². The third-order valence-corrected chi connectivity index (χ3v) is 6.08. The molecule has 154 valence electrons. The van der Waals surface area contributed by atoms with E-state index in [2.05, 4.69) is 5.32 Å². The van der Waals surface area contributed by atoms with Gasteiger partial charge in [-0.2, -0.15) is 0 Å².